The second-order valence-electron chi connectivity index (χ2n) is 5.01. The number of hydrogen-bond acceptors (Lipinski definition) is 2. The molecule has 0 amide bonds. The van der Waals surface area contributed by atoms with Gasteiger partial charge in [-0.25, -0.2) is 0 Å². The maximum Gasteiger partial charge on any atom is 0.264 e. The number of halogens is 1. The van der Waals surface area contributed by atoms with Crippen molar-refractivity contribution in [3.8, 4) is 11.4 Å². The van der Waals surface area contributed by atoms with E-state index in [1.807, 2.05) is 49.4 Å². The van der Waals surface area contributed by atoms with Crippen molar-refractivity contribution in [2.24, 2.45) is 0 Å². The summed E-state index contributed by atoms with van der Waals surface area (Å²) >= 11 is 6.25. The highest BCUT2D eigenvalue weighted by molar-refractivity contribution is 6.35. The van der Waals surface area contributed by atoms with Crippen molar-refractivity contribution >= 4 is 22.4 Å². The molecule has 0 spiro atoms. The molecule has 3 nitrogen and oxygen atoms in total. The topological polar surface area (TPSA) is 31.2 Å². The lowest BCUT2D eigenvalue weighted by Gasteiger charge is -2.16. The van der Waals surface area contributed by atoms with Crippen LogP contribution in [0, 0.1) is 0 Å². The van der Waals surface area contributed by atoms with Crippen LogP contribution >= 0.6 is 11.6 Å². The van der Waals surface area contributed by atoms with E-state index in [4.69, 9.17) is 16.3 Å². The summed E-state index contributed by atoms with van der Waals surface area (Å²) < 4.78 is 7.09. The van der Waals surface area contributed by atoms with Gasteiger partial charge in [0.1, 0.15) is 5.75 Å². The zero-order valence-electron chi connectivity index (χ0n) is 12.5. The smallest absolute Gasteiger partial charge is 0.264 e. The number of nitrogens with zero attached hydrogens (tertiary/aromatic N) is 1. The molecule has 0 radical (unpaired) electrons. The van der Waals surface area contributed by atoms with Crippen LogP contribution < -0.4 is 10.3 Å². The number of ether oxygens (including phenoxy) is 1. The maximum atomic E-state index is 13.0. The molecule has 0 saturated heterocycles. The molecule has 1 heterocycles. The first kappa shape index (κ1) is 14.7. The normalized spacial score (nSPS) is 10.9. The molecule has 0 unspecified atom stereocenters. The first-order valence-electron chi connectivity index (χ1n) is 7.14. The molecule has 0 fully saturated rings. The van der Waals surface area contributed by atoms with Crippen LogP contribution in [0.4, 0.5) is 0 Å². The molecule has 1 aromatic heterocycles. The average molecular weight is 314 g/mol. The third-order valence-corrected chi connectivity index (χ3v) is 4.08. The third-order valence-electron chi connectivity index (χ3n) is 3.76. The van der Waals surface area contributed by atoms with Crippen LogP contribution in [0.3, 0.4) is 0 Å². The van der Waals surface area contributed by atoms with E-state index in [1.165, 1.54) is 0 Å². The lowest BCUT2D eigenvalue weighted by molar-refractivity contribution is 0.412. The van der Waals surface area contributed by atoms with E-state index in [9.17, 15) is 4.79 Å². The number of aromatic nitrogens is 1. The van der Waals surface area contributed by atoms with Gasteiger partial charge in [-0.3, -0.25) is 9.36 Å². The molecule has 0 aliphatic carbocycles. The van der Waals surface area contributed by atoms with Crippen molar-refractivity contribution in [1.29, 1.82) is 0 Å². The molecule has 3 rings (SSSR count). The summed E-state index contributed by atoms with van der Waals surface area (Å²) in [5.74, 6) is 0.658. The van der Waals surface area contributed by atoms with E-state index in [-0.39, 0.29) is 5.56 Å². The third kappa shape index (κ3) is 2.28. The quantitative estimate of drug-likeness (QED) is 0.725. The molecular formula is C18H16ClNO2. The van der Waals surface area contributed by atoms with E-state index < -0.39 is 0 Å². The SMILES string of the molecule is CCc1cc2cccc(Cl)c2c(=O)n1-c1ccccc1OC. The first-order chi connectivity index (χ1) is 10.7. The predicted octanol–water partition coefficient (Wildman–Crippen LogP) is 4.22. The average Bonchev–Trinajstić information content (AvgIpc) is 2.54. The van der Waals surface area contributed by atoms with E-state index in [0.717, 1.165) is 23.2 Å². The van der Waals surface area contributed by atoms with Crippen LogP contribution in [-0.4, -0.2) is 11.7 Å². The Bertz CT molecular complexity index is 899. The highest BCUT2D eigenvalue weighted by atomic mass is 35.5. The highest BCUT2D eigenvalue weighted by Gasteiger charge is 2.14. The Kier molecular flexibility index (Phi) is 3.90. The molecule has 0 saturated carbocycles. The number of pyridine rings is 1. The Balaban J connectivity index is 2.45. The van der Waals surface area contributed by atoms with E-state index in [2.05, 4.69) is 0 Å². The summed E-state index contributed by atoms with van der Waals surface area (Å²) in [4.78, 5) is 13.0. The van der Waals surface area contributed by atoms with Gasteiger partial charge in [0.2, 0.25) is 0 Å². The van der Waals surface area contributed by atoms with Crippen LogP contribution in [-0.2, 0) is 6.42 Å². The van der Waals surface area contributed by atoms with Gasteiger partial charge in [0.15, 0.2) is 0 Å². The zero-order valence-corrected chi connectivity index (χ0v) is 13.2. The van der Waals surface area contributed by atoms with Crippen LogP contribution in [0.25, 0.3) is 16.5 Å². The van der Waals surface area contributed by atoms with E-state index >= 15 is 0 Å². The first-order valence-corrected chi connectivity index (χ1v) is 7.51. The number of hydrogen-bond donors (Lipinski definition) is 0. The van der Waals surface area contributed by atoms with Gasteiger partial charge >= 0.3 is 0 Å². The fourth-order valence-electron chi connectivity index (χ4n) is 2.71. The molecule has 112 valence electrons. The Morgan fingerprint density at radius 2 is 1.91 bits per heavy atom. The Labute approximate surface area is 133 Å². The van der Waals surface area contributed by atoms with Crippen molar-refractivity contribution in [1.82, 2.24) is 4.57 Å². The number of methoxy groups -OCH3 is 1. The summed E-state index contributed by atoms with van der Waals surface area (Å²) in [5.41, 5.74) is 1.53. The summed E-state index contributed by atoms with van der Waals surface area (Å²) in [5, 5.41) is 1.86. The standard InChI is InChI=1S/C18H16ClNO2/c1-3-13-11-12-7-6-8-14(19)17(12)18(21)20(13)15-9-4-5-10-16(15)22-2/h4-11H,3H2,1-2H3. The minimum atomic E-state index is -0.121. The maximum absolute atomic E-state index is 13.0. The van der Waals surface area contributed by atoms with Crippen molar-refractivity contribution in [3.05, 3.63) is 69.6 Å². The van der Waals surface area contributed by atoms with Gasteiger partial charge in [-0.1, -0.05) is 42.8 Å². The van der Waals surface area contributed by atoms with Gasteiger partial charge in [0.05, 0.1) is 23.2 Å². The van der Waals surface area contributed by atoms with Crippen molar-refractivity contribution in [3.63, 3.8) is 0 Å². The van der Waals surface area contributed by atoms with Gasteiger partial charge in [0, 0.05) is 5.69 Å². The van der Waals surface area contributed by atoms with Crippen LogP contribution in [0.15, 0.2) is 53.3 Å². The molecule has 0 aliphatic rings. The fraction of sp³-hybridized carbons (Fsp3) is 0.167. The lowest BCUT2D eigenvalue weighted by atomic mass is 10.1. The summed E-state index contributed by atoms with van der Waals surface area (Å²) in [6, 6.07) is 15.0. The van der Waals surface area contributed by atoms with Crippen LogP contribution in [0.2, 0.25) is 5.02 Å². The molecule has 22 heavy (non-hydrogen) atoms. The summed E-state index contributed by atoms with van der Waals surface area (Å²) in [6.45, 7) is 2.02. The zero-order chi connectivity index (χ0) is 15.7. The second-order valence-corrected chi connectivity index (χ2v) is 5.41. The minimum Gasteiger partial charge on any atom is -0.495 e. The van der Waals surface area contributed by atoms with Gasteiger partial charge in [-0.05, 0) is 36.1 Å². The van der Waals surface area contributed by atoms with Crippen molar-refractivity contribution < 1.29 is 4.74 Å². The Morgan fingerprint density at radius 3 is 2.64 bits per heavy atom. The number of aryl methyl sites for hydroxylation is 1. The molecule has 3 aromatic rings. The largest absolute Gasteiger partial charge is 0.495 e. The lowest BCUT2D eigenvalue weighted by Crippen LogP contribution is -2.22. The minimum absolute atomic E-state index is 0.121. The number of benzene rings is 2. The van der Waals surface area contributed by atoms with Crippen molar-refractivity contribution in [2.45, 2.75) is 13.3 Å². The van der Waals surface area contributed by atoms with Gasteiger partial charge in [0.25, 0.3) is 5.56 Å². The molecule has 0 atom stereocenters. The number of para-hydroxylation sites is 2. The molecule has 0 bridgehead atoms. The molecule has 2 aromatic carbocycles. The Morgan fingerprint density at radius 1 is 1.14 bits per heavy atom. The van der Waals surface area contributed by atoms with Gasteiger partial charge < -0.3 is 4.74 Å². The van der Waals surface area contributed by atoms with Gasteiger partial charge in [-0.15, -0.1) is 0 Å². The summed E-state index contributed by atoms with van der Waals surface area (Å²) in [6.07, 6.45) is 0.732. The van der Waals surface area contributed by atoms with E-state index in [1.54, 1.807) is 17.7 Å². The van der Waals surface area contributed by atoms with E-state index in [0.29, 0.717) is 16.2 Å². The molecule has 4 heteroatoms. The predicted molar refractivity (Wildman–Crippen MR) is 90.5 cm³/mol. The highest BCUT2D eigenvalue weighted by Crippen LogP contribution is 2.26. The van der Waals surface area contributed by atoms with Crippen LogP contribution in [0.1, 0.15) is 12.6 Å². The summed E-state index contributed by atoms with van der Waals surface area (Å²) in [7, 11) is 1.60. The molecular weight excluding hydrogens is 298 g/mol. The monoisotopic (exact) mass is 313 g/mol. The second kappa shape index (κ2) is 5.85. The van der Waals surface area contributed by atoms with Crippen molar-refractivity contribution in [2.75, 3.05) is 7.11 Å². The number of rotatable bonds is 3. The molecule has 0 aliphatic heterocycles. The molecule has 0 N–H and O–H groups in total. The van der Waals surface area contributed by atoms with Crippen LogP contribution in [0.5, 0.6) is 5.75 Å². The fourth-order valence-corrected chi connectivity index (χ4v) is 2.97. The Hall–Kier alpha value is -2.26. The number of fused-ring (bicyclic) bond motifs is 1. The van der Waals surface area contributed by atoms with Gasteiger partial charge in [-0.2, -0.15) is 0 Å².